The van der Waals surface area contributed by atoms with E-state index in [0.717, 1.165) is 32.1 Å². The molecule has 0 bridgehead atoms. The van der Waals surface area contributed by atoms with Crippen LogP contribution in [-0.4, -0.2) is 25.5 Å². The van der Waals surface area contributed by atoms with Gasteiger partial charge in [-0.2, -0.15) is 5.11 Å². The zero-order chi connectivity index (χ0) is 9.86. The summed E-state index contributed by atoms with van der Waals surface area (Å²) in [5, 5.41) is 11.9. The first-order valence-electron chi connectivity index (χ1n) is 5.42. The third kappa shape index (κ3) is 2.67. The molecule has 4 heteroatoms. The molecular formula is C10H17O4. The van der Waals surface area contributed by atoms with Crippen molar-refractivity contribution in [3.63, 3.8) is 0 Å². The summed E-state index contributed by atoms with van der Waals surface area (Å²) in [5.74, 6) is -1.64. The maximum atomic E-state index is 11.9. The Morgan fingerprint density at radius 3 is 2.64 bits per heavy atom. The summed E-state index contributed by atoms with van der Waals surface area (Å²) in [7, 11) is 0. The fourth-order valence-electron chi connectivity index (χ4n) is 1.84. The molecule has 0 saturated carbocycles. The van der Waals surface area contributed by atoms with Gasteiger partial charge in [-0.25, -0.2) is 0 Å². The fourth-order valence-corrected chi connectivity index (χ4v) is 1.84. The van der Waals surface area contributed by atoms with Gasteiger partial charge in [-0.1, -0.05) is 0 Å². The zero-order valence-electron chi connectivity index (χ0n) is 8.37. The average molecular weight is 201 g/mol. The number of ether oxygens (including phenoxy) is 3. The van der Waals surface area contributed by atoms with Crippen molar-refractivity contribution in [3.8, 4) is 0 Å². The highest BCUT2D eigenvalue weighted by Gasteiger charge is 2.37. The highest BCUT2D eigenvalue weighted by Crippen LogP contribution is 2.28. The molecule has 14 heavy (non-hydrogen) atoms. The minimum Gasteiger partial charge on any atom is -0.352 e. The second-order valence-electron chi connectivity index (χ2n) is 3.90. The molecule has 2 saturated heterocycles. The molecule has 1 radical (unpaired) electrons. The van der Waals surface area contributed by atoms with Crippen molar-refractivity contribution in [1.29, 1.82) is 0 Å². The van der Waals surface area contributed by atoms with Crippen molar-refractivity contribution in [1.82, 2.24) is 0 Å². The summed E-state index contributed by atoms with van der Waals surface area (Å²) in [5.41, 5.74) is 0. The normalized spacial score (nSPS) is 39.6. The lowest BCUT2D eigenvalue weighted by molar-refractivity contribution is -0.438. The molecule has 0 aromatic rings. The van der Waals surface area contributed by atoms with Crippen LogP contribution in [0.15, 0.2) is 0 Å². The van der Waals surface area contributed by atoms with Gasteiger partial charge in [-0.05, 0) is 32.1 Å². The molecule has 0 amide bonds. The van der Waals surface area contributed by atoms with E-state index in [-0.39, 0.29) is 6.29 Å². The Hall–Kier alpha value is -0.160. The van der Waals surface area contributed by atoms with Crippen LogP contribution in [0.4, 0.5) is 0 Å². The van der Waals surface area contributed by atoms with E-state index < -0.39 is 5.97 Å². The Balaban J connectivity index is 1.81. The van der Waals surface area contributed by atoms with E-state index in [1.165, 1.54) is 0 Å². The van der Waals surface area contributed by atoms with E-state index in [9.17, 15) is 5.11 Å². The Kier molecular flexibility index (Phi) is 3.38. The largest absolute Gasteiger partial charge is 0.352 e. The number of hydrogen-bond acceptors (Lipinski definition) is 3. The van der Waals surface area contributed by atoms with Gasteiger partial charge in [0.2, 0.25) is 0 Å². The lowest BCUT2D eigenvalue weighted by Crippen LogP contribution is -2.42. The van der Waals surface area contributed by atoms with Crippen molar-refractivity contribution in [2.45, 2.75) is 50.8 Å². The van der Waals surface area contributed by atoms with Crippen molar-refractivity contribution >= 4 is 0 Å². The Labute approximate surface area is 84.1 Å². The topological polar surface area (TPSA) is 47.6 Å². The molecule has 0 aromatic heterocycles. The van der Waals surface area contributed by atoms with Crippen molar-refractivity contribution in [3.05, 3.63) is 0 Å². The van der Waals surface area contributed by atoms with E-state index in [0.29, 0.717) is 19.6 Å². The van der Waals surface area contributed by atoms with Crippen molar-refractivity contribution in [2.75, 3.05) is 13.2 Å². The zero-order valence-corrected chi connectivity index (χ0v) is 8.37. The fraction of sp³-hybridized carbons (Fsp3) is 1.00. The van der Waals surface area contributed by atoms with Gasteiger partial charge >= 0.3 is 5.97 Å². The summed E-state index contributed by atoms with van der Waals surface area (Å²) < 4.78 is 15.8. The monoisotopic (exact) mass is 201 g/mol. The van der Waals surface area contributed by atoms with E-state index in [2.05, 4.69) is 0 Å². The second-order valence-corrected chi connectivity index (χ2v) is 3.90. The van der Waals surface area contributed by atoms with Gasteiger partial charge in [0.15, 0.2) is 6.29 Å². The van der Waals surface area contributed by atoms with Gasteiger partial charge in [0.05, 0.1) is 6.61 Å². The van der Waals surface area contributed by atoms with Crippen LogP contribution >= 0.6 is 0 Å². The van der Waals surface area contributed by atoms with E-state index >= 15 is 0 Å². The maximum Gasteiger partial charge on any atom is 0.314 e. The predicted molar refractivity (Wildman–Crippen MR) is 47.9 cm³/mol. The molecule has 0 spiro atoms. The summed E-state index contributed by atoms with van der Waals surface area (Å²) >= 11 is 0. The van der Waals surface area contributed by atoms with Gasteiger partial charge in [-0.15, -0.1) is 0 Å². The van der Waals surface area contributed by atoms with Crippen LogP contribution in [0.3, 0.4) is 0 Å². The summed E-state index contributed by atoms with van der Waals surface area (Å²) in [4.78, 5) is 0. The van der Waals surface area contributed by atoms with Crippen LogP contribution in [-0.2, 0) is 19.3 Å². The molecule has 2 aliphatic rings. The lowest BCUT2D eigenvalue weighted by Gasteiger charge is -2.34. The first-order valence-corrected chi connectivity index (χ1v) is 5.42. The average Bonchev–Trinajstić information content (AvgIpc) is 2.19. The minimum absolute atomic E-state index is 0.348. The number of rotatable bonds is 2. The van der Waals surface area contributed by atoms with Gasteiger partial charge in [-0.3, -0.25) is 4.74 Å². The summed E-state index contributed by atoms with van der Waals surface area (Å²) in [6.07, 6.45) is 4.88. The molecule has 2 rings (SSSR count). The SMILES string of the molecule is [O]C1(OC2CCCCO2)CCCCO1. The molecule has 2 unspecified atom stereocenters. The lowest BCUT2D eigenvalue weighted by atomic mass is 10.1. The molecule has 0 aromatic carbocycles. The van der Waals surface area contributed by atoms with Crippen LogP contribution < -0.4 is 0 Å². The van der Waals surface area contributed by atoms with Gasteiger partial charge in [0, 0.05) is 13.0 Å². The Bertz CT molecular complexity index is 171. The van der Waals surface area contributed by atoms with Crippen LogP contribution in [0, 0.1) is 0 Å². The molecule has 2 aliphatic heterocycles. The molecule has 0 aliphatic carbocycles. The first kappa shape index (κ1) is 10.4. The molecule has 2 fully saturated rings. The van der Waals surface area contributed by atoms with Gasteiger partial charge in [0.1, 0.15) is 0 Å². The first-order chi connectivity index (χ1) is 6.79. The van der Waals surface area contributed by atoms with Crippen LogP contribution in [0.5, 0.6) is 0 Å². The summed E-state index contributed by atoms with van der Waals surface area (Å²) in [6, 6.07) is 0. The maximum absolute atomic E-state index is 11.9. The Morgan fingerprint density at radius 2 is 2.00 bits per heavy atom. The van der Waals surface area contributed by atoms with Crippen LogP contribution in [0.25, 0.3) is 0 Å². The van der Waals surface area contributed by atoms with E-state index in [4.69, 9.17) is 14.2 Å². The molecule has 4 nitrogen and oxygen atoms in total. The molecular weight excluding hydrogens is 184 g/mol. The van der Waals surface area contributed by atoms with Crippen molar-refractivity contribution < 1.29 is 19.3 Å². The third-order valence-corrected chi connectivity index (χ3v) is 2.65. The molecule has 81 valence electrons. The smallest absolute Gasteiger partial charge is 0.314 e. The van der Waals surface area contributed by atoms with Crippen LogP contribution in [0.2, 0.25) is 0 Å². The molecule has 0 N–H and O–H groups in total. The van der Waals surface area contributed by atoms with E-state index in [1.807, 2.05) is 0 Å². The summed E-state index contributed by atoms with van der Waals surface area (Å²) in [6.45, 7) is 1.21. The van der Waals surface area contributed by atoms with E-state index in [1.54, 1.807) is 0 Å². The predicted octanol–water partition coefficient (Wildman–Crippen LogP) is 1.81. The Morgan fingerprint density at radius 1 is 1.14 bits per heavy atom. The second kappa shape index (κ2) is 4.57. The number of hydrogen-bond donors (Lipinski definition) is 0. The minimum atomic E-state index is -1.64. The molecule has 2 atom stereocenters. The van der Waals surface area contributed by atoms with Crippen molar-refractivity contribution in [2.24, 2.45) is 0 Å². The van der Waals surface area contributed by atoms with Gasteiger partial charge in [0.25, 0.3) is 0 Å². The van der Waals surface area contributed by atoms with Gasteiger partial charge < -0.3 is 9.47 Å². The third-order valence-electron chi connectivity index (χ3n) is 2.65. The quantitative estimate of drug-likeness (QED) is 0.640. The van der Waals surface area contributed by atoms with Crippen LogP contribution in [0.1, 0.15) is 38.5 Å². The standard InChI is InChI=1S/C10H17O4/c11-10(6-2-4-8-13-10)14-9-5-1-3-7-12-9/h9H,1-8H2. The molecule has 2 heterocycles. The highest BCUT2D eigenvalue weighted by atomic mass is 16.9. The highest BCUT2D eigenvalue weighted by molar-refractivity contribution is 4.64.